The van der Waals surface area contributed by atoms with Crippen LogP contribution in [0.4, 0.5) is 0 Å². The number of nitrogens with zero attached hydrogens (tertiary/aromatic N) is 1. The second-order valence-electron chi connectivity index (χ2n) is 6.10. The Morgan fingerprint density at radius 3 is 2.59 bits per heavy atom. The van der Waals surface area contributed by atoms with Gasteiger partial charge in [0.05, 0.1) is 5.60 Å². The van der Waals surface area contributed by atoms with Crippen LogP contribution in [0.3, 0.4) is 0 Å². The lowest BCUT2D eigenvalue weighted by Gasteiger charge is -2.38. The maximum absolute atomic E-state index is 10.5. The molecule has 0 aromatic carbocycles. The molecule has 0 aromatic rings. The van der Waals surface area contributed by atoms with E-state index in [1.807, 2.05) is 0 Å². The summed E-state index contributed by atoms with van der Waals surface area (Å²) in [5.41, 5.74) is -0.310. The van der Waals surface area contributed by atoms with Crippen LogP contribution in [0.25, 0.3) is 0 Å². The minimum absolute atomic E-state index is 0.310. The fourth-order valence-electron chi connectivity index (χ4n) is 3.70. The Morgan fingerprint density at radius 2 is 1.88 bits per heavy atom. The summed E-state index contributed by atoms with van der Waals surface area (Å²) in [4.78, 5) is 2.62. The molecule has 0 amide bonds. The van der Waals surface area contributed by atoms with Crippen molar-refractivity contribution in [1.29, 1.82) is 0 Å². The molecule has 1 aliphatic heterocycles. The minimum Gasteiger partial charge on any atom is -0.390 e. The number of likely N-dealkylation sites (tertiary alicyclic amines) is 1. The molecule has 1 heterocycles. The molecule has 17 heavy (non-hydrogen) atoms. The Balaban J connectivity index is 1.79. The van der Waals surface area contributed by atoms with E-state index in [1.54, 1.807) is 0 Å². The van der Waals surface area contributed by atoms with Crippen molar-refractivity contribution in [3.63, 3.8) is 0 Å². The molecule has 1 N–H and O–H groups in total. The van der Waals surface area contributed by atoms with E-state index < -0.39 is 0 Å². The van der Waals surface area contributed by atoms with E-state index in [4.69, 9.17) is 0 Å². The third-order valence-electron chi connectivity index (χ3n) is 4.88. The Hall–Kier alpha value is -0.0800. The highest BCUT2D eigenvalue weighted by Gasteiger charge is 2.31. The van der Waals surface area contributed by atoms with E-state index in [2.05, 4.69) is 11.8 Å². The van der Waals surface area contributed by atoms with E-state index in [0.29, 0.717) is 0 Å². The van der Waals surface area contributed by atoms with Crippen molar-refractivity contribution in [3.05, 3.63) is 0 Å². The predicted octanol–water partition coefficient (Wildman–Crippen LogP) is 3.34. The first-order chi connectivity index (χ1) is 8.23. The van der Waals surface area contributed by atoms with Crippen molar-refractivity contribution < 1.29 is 5.11 Å². The Morgan fingerprint density at radius 1 is 1.12 bits per heavy atom. The van der Waals surface area contributed by atoms with E-state index in [-0.39, 0.29) is 5.60 Å². The van der Waals surface area contributed by atoms with Gasteiger partial charge in [-0.1, -0.05) is 32.6 Å². The van der Waals surface area contributed by atoms with Crippen molar-refractivity contribution in [2.75, 3.05) is 13.1 Å². The van der Waals surface area contributed by atoms with Crippen molar-refractivity contribution in [3.8, 4) is 0 Å². The summed E-state index contributed by atoms with van der Waals surface area (Å²) < 4.78 is 0. The van der Waals surface area contributed by atoms with Gasteiger partial charge in [-0.3, -0.25) is 0 Å². The first-order valence-electron chi connectivity index (χ1n) is 7.70. The van der Waals surface area contributed by atoms with Crippen LogP contribution < -0.4 is 0 Å². The predicted molar refractivity (Wildman–Crippen MR) is 72.2 cm³/mol. The third kappa shape index (κ3) is 3.69. The molecule has 0 spiro atoms. The molecule has 2 aliphatic rings. The van der Waals surface area contributed by atoms with Gasteiger partial charge in [0.1, 0.15) is 0 Å². The van der Waals surface area contributed by atoms with E-state index in [9.17, 15) is 5.11 Å². The molecular formula is C15H29NO. The molecule has 1 aliphatic carbocycles. The zero-order chi connectivity index (χ0) is 12.1. The van der Waals surface area contributed by atoms with Crippen molar-refractivity contribution in [2.24, 2.45) is 0 Å². The number of piperidine rings is 1. The van der Waals surface area contributed by atoms with Crippen LogP contribution in [0.2, 0.25) is 0 Å². The van der Waals surface area contributed by atoms with Gasteiger partial charge in [0, 0.05) is 6.04 Å². The summed E-state index contributed by atoms with van der Waals surface area (Å²) in [5, 5.41) is 10.5. The molecule has 1 saturated carbocycles. The lowest BCUT2D eigenvalue weighted by molar-refractivity contribution is -0.0138. The first-order valence-corrected chi connectivity index (χ1v) is 7.70. The van der Waals surface area contributed by atoms with Crippen molar-refractivity contribution in [1.82, 2.24) is 4.90 Å². The summed E-state index contributed by atoms with van der Waals surface area (Å²) in [7, 11) is 0. The van der Waals surface area contributed by atoms with Gasteiger partial charge in [0.15, 0.2) is 0 Å². The molecule has 2 nitrogen and oxygen atoms in total. The molecule has 1 atom stereocenters. The van der Waals surface area contributed by atoms with E-state index >= 15 is 0 Å². The van der Waals surface area contributed by atoms with Gasteiger partial charge < -0.3 is 10.0 Å². The molecule has 2 heteroatoms. The summed E-state index contributed by atoms with van der Waals surface area (Å²) in [6, 6.07) is 0.750. The molecular weight excluding hydrogens is 210 g/mol. The summed E-state index contributed by atoms with van der Waals surface area (Å²) >= 11 is 0. The Kier molecular flexibility index (Phi) is 4.87. The number of hydrogen-bond donors (Lipinski definition) is 1. The Labute approximate surface area is 106 Å². The van der Waals surface area contributed by atoms with Crippen molar-refractivity contribution >= 4 is 0 Å². The monoisotopic (exact) mass is 239 g/mol. The van der Waals surface area contributed by atoms with E-state index in [0.717, 1.165) is 25.3 Å². The zero-order valence-electron chi connectivity index (χ0n) is 11.5. The van der Waals surface area contributed by atoms with Crippen LogP contribution in [-0.2, 0) is 0 Å². The molecule has 100 valence electrons. The minimum atomic E-state index is -0.310. The lowest BCUT2D eigenvalue weighted by Crippen LogP contribution is -2.41. The number of rotatable bonds is 4. The van der Waals surface area contributed by atoms with Gasteiger partial charge >= 0.3 is 0 Å². The second-order valence-corrected chi connectivity index (χ2v) is 6.10. The molecule has 2 rings (SSSR count). The maximum atomic E-state index is 10.5. The topological polar surface area (TPSA) is 23.5 Å². The van der Waals surface area contributed by atoms with Gasteiger partial charge in [0.2, 0.25) is 0 Å². The molecule has 1 saturated heterocycles. The van der Waals surface area contributed by atoms with Crippen LogP contribution in [-0.4, -0.2) is 34.7 Å². The highest BCUT2D eigenvalue weighted by molar-refractivity contribution is 4.85. The standard InChI is InChI=1S/C15H29NO/c1-2-16-13-7-4-8-14(16)9-12-15(17)10-5-3-6-11-15/h14,17H,2-13H2,1H3. The fraction of sp³-hybridized carbons (Fsp3) is 1.00. The van der Waals surface area contributed by atoms with Gasteiger partial charge in [-0.2, -0.15) is 0 Å². The lowest BCUT2D eigenvalue weighted by atomic mass is 9.80. The first kappa shape index (κ1) is 13.4. The zero-order valence-corrected chi connectivity index (χ0v) is 11.5. The van der Waals surface area contributed by atoms with Crippen molar-refractivity contribution in [2.45, 2.75) is 82.8 Å². The Bertz CT molecular complexity index is 223. The maximum Gasteiger partial charge on any atom is 0.0648 e. The highest BCUT2D eigenvalue weighted by atomic mass is 16.3. The molecule has 1 unspecified atom stereocenters. The number of aliphatic hydroxyl groups is 1. The molecule has 2 fully saturated rings. The second kappa shape index (κ2) is 6.19. The number of hydrogen-bond acceptors (Lipinski definition) is 2. The highest BCUT2D eigenvalue weighted by Crippen LogP contribution is 2.33. The largest absolute Gasteiger partial charge is 0.390 e. The summed E-state index contributed by atoms with van der Waals surface area (Å²) in [5.74, 6) is 0. The van der Waals surface area contributed by atoms with Gasteiger partial charge in [-0.05, 0) is 51.6 Å². The van der Waals surface area contributed by atoms with Crippen LogP contribution in [0.5, 0.6) is 0 Å². The van der Waals surface area contributed by atoms with Crippen LogP contribution >= 0.6 is 0 Å². The normalized spacial score (nSPS) is 30.4. The third-order valence-corrected chi connectivity index (χ3v) is 4.88. The average Bonchev–Trinajstić information content (AvgIpc) is 2.38. The SMILES string of the molecule is CCN1CCCCC1CCC1(O)CCCCC1. The molecule has 0 radical (unpaired) electrons. The van der Waals surface area contributed by atoms with Crippen LogP contribution in [0, 0.1) is 0 Å². The van der Waals surface area contributed by atoms with Crippen LogP contribution in [0.1, 0.15) is 71.1 Å². The molecule has 0 aromatic heterocycles. The summed E-state index contributed by atoms with van der Waals surface area (Å²) in [6.07, 6.45) is 12.2. The van der Waals surface area contributed by atoms with Gasteiger partial charge in [-0.25, -0.2) is 0 Å². The van der Waals surface area contributed by atoms with E-state index in [1.165, 1.54) is 58.0 Å². The fourth-order valence-corrected chi connectivity index (χ4v) is 3.70. The van der Waals surface area contributed by atoms with Crippen LogP contribution in [0.15, 0.2) is 0 Å². The average molecular weight is 239 g/mol. The molecule has 0 bridgehead atoms. The van der Waals surface area contributed by atoms with Gasteiger partial charge in [0.25, 0.3) is 0 Å². The smallest absolute Gasteiger partial charge is 0.0648 e. The summed E-state index contributed by atoms with van der Waals surface area (Å²) in [6.45, 7) is 4.73. The van der Waals surface area contributed by atoms with Gasteiger partial charge in [-0.15, -0.1) is 0 Å². The quantitative estimate of drug-likeness (QED) is 0.813.